The summed E-state index contributed by atoms with van der Waals surface area (Å²) in [4.78, 5) is 22.1. The van der Waals surface area contributed by atoms with Gasteiger partial charge in [-0.05, 0) is 48.2 Å². The zero-order valence-electron chi connectivity index (χ0n) is 20.4. The topological polar surface area (TPSA) is 54.4 Å². The number of hydrogen-bond donors (Lipinski definition) is 1. The van der Waals surface area contributed by atoms with Crippen LogP contribution in [0.5, 0.6) is 0 Å². The molecule has 0 saturated heterocycles. The molecule has 0 saturated carbocycles. The van der Waals surface area contributed by atoms with Crippen molar-refractivity contribution >= 4 is 11.8 Å². The van der Waals surface area contributed by atoms with Crippen molar-refractivity contribution in [2.45, 2.75) is 32.6 Å². The van der Waals surface area contributed by atoms with Gasteiger partial charge >= 0.3 is 5.97 Å². The highest BCUT2D eigenvalue weighted by Crippen LogP contribution is 2.27. The molecule has 0 aliphatic heterocycles. The van der Waals surface area contributed by atoms with Crippen LogP contribution in [0.15, 0.2) is 97.1 Å². The number of carbonyl (C=O) groups excluding carboxylic acids is 1. The lowest BCUT2D eigenvalue weighted by molar-refractivity contribution is -0.138. The fourth-order valence-electron chi connectivity index (χ4n) is 3.68. The van der Waals surface area contributed by atoms with Crippen LogP contribution in [0.1, 0.15) is 43.7 Å². The minimum Gasteiger partial charge on any atom is -0.481 e. The number of carbonyl (C=O) groups is 2. The number of benzene rings is 4. The van der Waals surface area contributed by atoms with E-state index in [2.05, 4.69) is 0 Å². The zero-order chi connectivity index (χ0) is 26.2. The van der Waals surface area contributed by atoms with E-state index in [4.69, 9.17) is 5.11 Å². The Morgan fingerprint density at radius 2 is 1.03 bits per heavy atom. The summed E-state index contributed by atoms with van der Waals surface area (Å²) in [5.41, 5.74) is 3.87. The summed E-state index contributed by atoms with van der Waals surface area (Å²) in [5.74, 6) is -2.56. The number of ketones is 1. The highest BCUT2D eigenvalue weighted by molar-refractivity contribution is 5.83. The minimum atomic E-state index is -0.957. The molecular formula is C31H28F2O3. The maximum atomic E-state index is 14.0. The lowest BCUT2D eigenvalue weighted by atomic mass is 9.95. The molecule has 5 heteroatoms. The predicted octanol–water partition coefficient (Wildman–Crippen LogP) is 7.87. The number of rotatable bonds is 6. The molecule has 0 aliphatic rings. The van der Waals surface area contributed by atoms with Crippen LogP contribution in [0.3, 0.4) is 0 Å². The molecule has 2 atom stereocenters. The molecule has 0 fully saturated rings. The first-order chi connectivity index (χ1) is 17.2. The van der Waals surface area contributed by atoms with E-state index in [-0.39, 0.29) is 17.5 Å². The Kier molecular flexibility index (Phi) is 8.85. The van der Waals surface area contributed by atoms with Crippen LogP contribution in [0.4, 0.5) is 8.78 Å². The molecule has 184 valence electrons. The Hall–Kier alpha value is -4.12. The van der Waals surface area contributed by atoms with Crippen molar-refractivity contribution in [1.29, 1.82) is 0 Å². The Morgan fingerprint density at radius 1 is 0.639 bits per heavy atom. The van der Waals surface area contributed by atoms with Crippen molar-refractivity contribution in [2.75, 3.05) is 0 Å². The predicted molar refractivity (Wildman–Crippen MR) is 139 cm³/mol. The van der Waals surface area contributed by atoms with Crippen LogP contribution in [0, 0.1) is 11.6 Å². The van der Waals surface area contributed by atoms with Crippen LogP contribution >= 0.6 is 0 Å². The van der Waals surface area contributed by atoms with Crippen LogP contribution in [0.2, 0.25) is 0 Å². The highest BCUT2D eigenvalue weighted by Gasteiger charge is 2.16. The molecule has 1 N–H and O–H groups in total. The van der Waals surface area contributed by atoms with Gasteiger partial charge in [0.1, 0.15) is 17.4 Å². The second-order valence-corrected chi connectivity index (χ2v) is 8.60. The van der Waals surface area contributed by atoms with Gasteiger partial charge in [0.05, 0.1) is 5.92 Å². The molecule has 4 aromatic rings. The van der Waals surface area contributed by atoms with E-state index in [1.165, 1.54) is 19.1 Å². The Balaban J connectivity index is 0.000000201. The number of halogens is 2. The molecule has 0 bridgehead atoms. The third kappa shape index (κ3) is 6.51. The number of carboxylic acid groups (broad SMARTS) is 1. The molecule has 3 nitrogen and oxygen atoms in total. The summed E-state index contributed by atoms with van der Waals surface area (Å²) in [6.07, 6.45) is 0. The van der Waals surface area contributed by atoms with Gasteiger partial charge in [0.2, 0.25) is 0 Å². The first-order valence-electron chi connectivity index (χ1n) is 11.6. The lowest BCUT2D eigenvalue weighted by Gasteiger charge is -2.10. The van der Waals surface area contributed by atoms with Crippen molar-refractivity contribution in [1.82, 2.24) is 0 Å². The summed E-state index contributed by atoms with van der Waals surface area (Å²) >= 11 is 0. The molecule has 4 aromatic carbocycles. The molecule has 0 aromatic heterocycles. The number of aliphatic carboxylic acids is 1. The average Bonchev–Trinajstić information content (AvgIpc) is 2.89. The highest BCUT2D eigenvalue weighted by atomic mass is 19.1. The molecule has 0 radical (unpaired) electrons. The lowest BCUT2D eigenvalue weighted by Crippen LogP contribution is -2.07. The van der Waals surface area contributed by atoms with E-state index in [0.717, 1.165) is 16.7 Å². The second-order valence-electron chi connectivity index (χ2n) is 8.60. The van der Waals surface area contributed by atoms with Gasteiger partial charge in [-0.3, -0.25) is 9.59 Å². The quantitative estimate of drug-likeness (QED) is 0.302. The summed E-state index contributed by atoms with van der Waals surface area (Å²) in [6, 6.07) is 28.1. The van der Waals surface area contributed by atoms with Crippen molar-refractivity contribution in [3.8, 4) is 22.3 Å². The maximum Gasteiger partial charge on any atom is 0.310 e. The van der Waals surface area contributed by atoms with Crippen molar-refractivity contribution in [2.24, 2.45) is 0 Å². The van der Waals surface area contributed by atoms with Gasteiger partial charge in [-0.25, -0.2) is 8.78 Å². The first kappa shape index (κ1) is 26.5. The van der Waals surface area contributed by atoms with Crippen molar-refractivity contribution in [3.05, 3.63) is 120 Å². The van der Waals surface area contributed by atoms with E-state index < -0.39 is 17.7 Å². The summed E-state index contributed by atoms with van der Waals surface area (Å²) in [7, 11) is 0. The molecule has 0 amide bonds. The zero-order valence-corrected chi connectivity index (χ0v) is 20.4. The molecule has 0 unspecified atom stereocenters. The van der Waals surface area contributed by atoms with E-state index >= 15 is 0 Å². The molecule has 0 aliphatic carbocycles. The molecule has 4 rings (SSSR count). The van der Waals surface area contributed by atoms with Gasteiger partial charge in [-0.15, -0.1) is 0 Å². The summed E-state index contributed by atoms with van der Waals surface area (Å²) < 4.78 is 28.0. The van der Waals surface area contributed by atoms with Gasteiger partial charge in [0.25, 0.3) is 0 Å². The standard InChI is InChI=1S/C16H15FO.C15H13FO2/c1-11(12(2)18)14-8-9-15(16(17)10-14)13-6-4-3-5-7-13;1-10(15(17)18)12-7-8-13(14(16)9-12)11-5-3-2-4-6-11/h3-11H,1-2H3;2-10H,1H3,(H,17,18)/t11-;10-/m01/s1. The van der Waals surface area contributed by atoms with Gasteiger partial charge in [-0.2, -0.15) is 0 Å². The fourth-order valence-corrected chi connectivity index (χ4v) is 3.68. The molecule has 0 heterocycles. The molecule has 0 spiro atoms. The summed E-state index contributed by atoms with van der Waals surface area (Å²) in [6.45, 7) is 4.85. The van der Waals surface area contributed by atoms with Crippen LogP contribution < -0.4 is 0 Å². The number of Topliss-reactive ketones (excluding diaryl/α,β-unsaturated/α-hetero) is 1. The Labute approximate surface area is 210 Å². The van der Waals surface area contributed by atoms with E-state index in [9.17, 15) is 18.4 Å². The average molecular weight is 487 g/mol. The number of carboxylic acids is 1. The van der Waals surface area contributed by atoms with Gasteiger partial charge in [0.15, 0.2) is 0 Å². The normalized spacial score (nSPS) is 12.1. The van der Waals surface area contributed by atoms with E-state index in [0.29, 0.717) is 16.7 Å². The Morgan fingerprint density at radius 3 is 1.36 bits per heavy atom. The smallest absolute Gasteiger partial charge is 0.310 e. The SMILES string of the molecule is CC(=O)[C@H](C)c1ccc(-c2ccccc2)c(F)c1.C[C@@H](C(=O)O)c1ccc(-c2ccccc2)c(F)c1. The third-order valence-corrected chi connectivity index (χ3v) is 6.14. The Bertz CT molecular complexity index is 1230. The van der Waals surface area contributed by atoms with Crippen LogP contribution in [-0.4, -0.2) is 16.9 Å². The summed E-state index contributed by atoms with van der Waals surface area (Å²) in [5, 5.41) is 8.89. The van der Waals surface area contributed by atoms with E-state index in [1.54, 1.807) is 32.0 Å². The maximum absolute atomic E-state index is 14.0. The number of hydrogen-bond acceptors (Lipinski definition) is 2. The third-order valence-electron chi connectivity index (χ3n) is 6.14. The monoisotopic (exact) mass is 486 g/mol. The van der Waals surface area contributed by atoms with Gasteiger partial charge < -0.3 is 5.11 Å². The van der Waals surface area contributed by atoms with Crippen molar-refractivity contribution in [3.63, 3.8) is 0 Å². The molecular weight excluding hydrogens is 458 g/mol. The van der Waals surface area contributed by atoms with Crippen LogP contribution in [-0.2, 0) is 9.59 Å². The molecule has 36 heavy (non-hydrogen) atoms. The van der Waals surface area contributed by atoms with Gasteiger partial charge in [-0.1, -0.05) is 91.9 Å². The van der Waals surface area contributed by atoms with Gasteiger partial charge in [0, 0.05) is 17.0 Å². The first-order valence-corrected chi connectivity index (χ1v) is 11.6. The van der Waals surface area contributed by atoms with E-state index in [1.807, 2.05) is 66.7 Å². The van der Waals surface area contributed by atoms with Crippen LogP contribution in [0.25, 0.3) is 22.3 Å². The van der Waals surface area contributed by atoms with Crippen molar-refractivity contribution < 1.29 is 23.5 Å². The second kappa shape index (κ2) is 12.0. The fraction of sp³-hybridized carbons (Fsp3) is 0.161. The largest absolute Gasteiger partial charge is 0.481 e. The minimum absolute atomic E-state index is 0.0434.